The van der Waals surface area contributed by atoms with E-state index in [4.69, 9.17) is 0 Å². The summed E-state index contributed by atoms with van der Waals surface area (Å²) in [7, 11) is 0. The van der Waals surface area contributed by atoms with E-state index in [0.717, 1.165) is 13.0 Å². The summed E-state index contributed by atoms with van der Waals surface area (Å²) in [6.07, 6.45) is 1.04. The first-order chi connectivity index (χ1) is 10.3. The number of nitrogens with one attached hydrogen (secondary N) is 1. The molecule has 0 bridgehead atoms. The number of likely N-dealkylation sites (N-methyl/N-ethyl adjacent to an activating group) is 1. The molecule has 0 saturated heterocycles. The van der Waals surface area contributed by atoms with Gasteiger partial charge in [-0.15, -0.1) is 11.3 Å². The Hall–Kier alpha value is -0.910. The van der Waals surface area contributed by atoms with Crippen LogP contribution >= 0.6 is 33.9 Å². The lowest BCUT2D eigenvalue weighted by Crippen LogP contribution is -2.22. The van der Waals surface area contributed by atoms with Crippen LogP contribution in [0.5, 0.6) is 0 Å². The molecule has 0 amide bonds. The van der Waals surface area contributed by atoms with Gasteiger partial charge in [0.2, 0.25) is 0 Å². The number of fused-ring (bicyclic) bond motifs is 1. The number of hydrogen-bond acceptors (Lipinski definition) is 2. The molecule has 1 unspecified atom stereocenters. The molecular formula is C18H18INS. The second-order valence-corrected chi connectivity index (χ2v) is 7.28. The van der Waals surface area contributed by atoms with E-state index in [0.29, 0.717) is 6.04 Å². The molecule has 0 aliphatic carbocycles. The molecule has 0 aliphatic heterocycles. The highest BCUT2D eigenvalue weighted by Gasteiger charge is 2.13. The van der Waals surface area contributed by atoms with Crippen molar-refractivity contribution in [3.05, 3.63) is 68.6 Å². The molecule has 1 atom stereocenters. The van der Waals surface area contributed by atoms with Crippen LogP contribution in [-0.2, 0) is 6.42 Å². The highest BCUT2D eigenvalue weighted by atomic mass is 127. The molecule has 3 rings (SSSR count). The Balaban J connectivity index is 1.89. The monoisotopic (exact) mass is 407 g/mol. The van der Waals surface area contributed by atoms with E-state index < -0.39 is 0 Å². The number of rotatable bonds is 5. The summed E-state index contributed by atoms with van der Waals surface area (Å²) < 4.78 is 2.66. The second-order valence-electron chi connectivity index (χ2n) is 5.12. The van der Waals surface area contributed by atoms with E-state index in [1.54, 1.807) is 0 Å². The van der Waals surface area contributed by atoms with Gasteiger partial charge in [-0.2, -0.15) is 0 Å². The summed E-state index contributed by atoms with van der Waals surface area (Å²) in [6, 6.07) is 17.9. The summed E-state index contributed by atoms with van der Waals surface area (Å²) >= 11 is 4.20. The SMILES string of the molecule is CCNC(Cc1csc2ccccc12)c1ccc(I)cc1. The van der Waals surface area contributed by atoms with Gasteiger partial charge in [0.1, 0.15) is 0 Å². The van der Waals surface area contributed by atoms with Crippen LogP contribution in [0.15, 0.2) is 53.9 Å². The van der Waals surface area contributed by atoms with Crippen molar-refractivity contribution < 1.29 is 0 Å². The first-order valence-electron chi connectivity index (χ1n) is 7.22. The molecule has 1 aromatic heterocycles. The van der Waals surface area contributed by atoms with Crippen molar-refractivity contribution >= 4 is 44.0 Å². The van der Waals surface area contributed by atoms with Crippen LogP contribution in [0.25, 0.3) is 10.1 Å². The van der Waals surface area contributed by atoms with Crippen LogP contribution in [-0.4, -0.2) is 6.54 Å². The van der Waals surface area contributed by atoms with Gasteiger partial charge in [0.05, 0.1) is 0 Å². The van der Waals surface area contributed by atoms with Crippen LogP contribution in [0.4, 0.5) is 0 Å². The molecule has 0 radical (unpaired) electrons. The van der Waals surface area contributed by atoms with Gasteiger partial charge in [-0.25, -0.2) is 0 Å². The van der Waals surface area contributed by atoms with Crippen molar-refractivity contribution in [1.29, 1.82) is 0 Å². The fourth-order valence-electron chi connectivity index (χ4n) is 2.66. The van der Waals surface area contributed by atoms with Crippen molar-refractivity contribution in [2.75, 3.05) is 6.54 Å². The van der Waals surface area contributed by atoms with E-state index in [-0.39, 0.29) is 0 Å². The lowest BCUT2D eigenvalue weighted by atomic mass is 9.98. The lowest BCUT2D eigenvalue weighted by molar-refractivity contribution is 0.552. The van der Waals surface area contributed by atoms with Crippen molar-refractivity contribution in [2.24, 2.45) is 0 Å². The maximum Gasteiger partial charge on any atom is 0.0361 e. The highest BCUT2D eigenvalue weighted by molar-refractivity contribution is 14.1. The molecule has 0 fully saturated rings. The normalized spacial score (nSPS) is 12.7. The van der Waals surface area contributed by atoms with E-state index in [2.05, 4.69) is 88.7 Å². The van der Waals surface area contributed by atoms with Gasteiger partial charge in [0, 0.05) is 14.3 Å². The van der Waals surface area contributed by atoms with Gasteiger partial charge < -0.3 is 5.32 Å². The van der Waals surface area contributed by atoms with Crippen molar-refractivity contribution in [2.45, 2.75) is 19.4 Å². The summed E-state index contributed by atoms with van der Waals surface area (Å²) in [5.41, 5.74) is 2.81. The van der Waals surface area contributed by atoms with Gasteiger partial charge in [-0.3, -0.25) is 0 Å². The first-order valence-corrected chi connectivity index (χ1v) is 9.17. The number of halogens is 1. The Morgan fingerprint density at radius 3 is 2.62 bits per heavy atom. The first kappa shape index (κ1) is 15.0. The zero-order valence-corrected chi connectivity index (χ0v) is 14.9. The third-order valence-corrected chi connectivity index (χ3v) is 5.44. The molecule has 3 heteroatoms. The quantitative estimate of drug-likeness (QED) is 0.559. The maximum absolute atomic E-state index is 3.62. The zero-order chi connectivity index (χ0) is 14.7. The van der Waals surface area contributed by atoms with E-state index in [1.807, 2.05) is 11.3 Å². The summed E-state index contributed by atoms with van der Waals surface area (Å²) in [5, 5.41) is 7.33. The molecule has 0 spiro atoms. The lowest BCUT2D eigenvalue weighted by Gasteiger charge is -2.18. The predicted octanol–water partition coefficient (Wildman–Crippen LogP) is 5.40. The molecule has 1 N–H and O–H groups in total. The third kappa shape index (κ3) is 3.47. The summed E-state index contributed by atoms with van der Waals surface area (Å²) in [5.74, 6) is 0. The van der Waals surface area contributed by atoms with Crippen LogP contribution < -0.4 is 5.32 Å². The number of hydrogen-bond donors (Lipinski definition) is 1. The van der Waals surface area contributed by atoms with Crippen LogP contribution in [0, 0.1) is 3.57 Å². The molecule has 0 saturated carbocycles. The van der Waals surface area contributed by atoms with Gasteiger partial charge in [-0.1, -0.05) is 37.3 Å². The maximum atomic E-state index is 3.62. The Kier molecular flexibility index (Phi) is 4.93. The van der Waals surface area contributed by atoms with E-state index >= 15 is 0 Å². The van der Waals surface area contributed by atoms with Crippen LogP contribution in [0.1, 0.15) is 24.1 Å². The Morgan fingerprint density at radius 1 is 1.10 bits per heavy atom. The molecule has 21 heavy (non-hydrogen) atoms. The Morgan fingerprint density at radius 2 is 1.86 bits per heavy atom. The van der Waals surface area contributed by atoms with Gasteiger partial charge in [-0.05, 0) is 75.6 Å². The minimum atomic E-state index is 0.380. The molecule has 1 nitrogen and oxygen atoms in total. The molecule has 108 valence electrons. The molecule has 1 heterocycles. The fourth-order valence-corrected chi connectivity index (χ4v) is 4.00. The Bertz CT molecular complexity index is 717. The molecular weight excluding hydrogens is 389 g/mol. The second kappa shape index (κ2) is 6.90. The summed E-state index contributed by atoms with van der Waals surface area (Å²) in [4.78, 5) is 0. The van der Waals surface area contributed by atoms with Crippen molar-refractivity contribution in [1.82, 2.24) is 5.32 Å². The minimum absolute atomic E-state index is 0.380. The summed E-state index contributed by atoms with van der Waals surface area (Å²) in [6.45, 7) is 3.16. The zero-order valence-electron chi connectivity index (χ0n) is 12.0. The average Bonchev–Trinajstić information content (AvgIpc) is 2.91. The van der Waals surface area contributed by atoms with E-state index in [1.165, 1.54) is 24.8 Å². The Labute approximate surface area is 143 Å². The van der Waals surface area contributed by atoms with Gasteiger partial charge >= 0.3 is 0 Å². The fraction of sp³-hybridized carbons (Fsp3) is 0.222. The van der Waals surface area contributed by atoms with Crippen molar-refractivity contribution in [3.8, 4) is 0 Å². The van der Waals surface area contributed by atoms with Gasteiger partial charge in [0.25, 0.3) is 0 Å². The number of benzene rings is 2. The minimum Gasteiger partial charge on any atom is -0.310 e. The molecule has 0 aliphatic rings. The topological polar surface area (TPSA) is 12.0 Å². The molecule has 2 aromatic carbocycles. The molecule has 3 aromatic rings. The smallest absolute Gasteiger partial charge is 0.0361 e. The third-order valence-electron chi connectivity index (χ3n) is 3.71. The van der Waals surface area contributed by atoms with Crippen LogP contribution in [0.2, 0.25) is 0 Å². The number of thiophene rings is 1. The highest BCUT2D eigenvalue weighted by Crippen LogP contribution is 2.29. The predicted molar refractivity (Wildman–Crippen MR) is 101 cm³/mol. The average molecular weight is 407 g/mol. The van der Waals surface area contributed by atoms with Gasteiger partial charge in [0.15, 0.2) is 0 Å². The largest absolute Gasteiger partial charge is 0.310 e. The van der Waals surface area contributed by atoms with Crippen LogP contribution in [0.3, 0.4) is 0 Å². The van der Waals surface area contributed by atoms with E-state index in [9.17, 15) is 0 Å². The standard InChI is InChI=1S/C18H18INS/c1-2-20-17(13-7-9-15(19)10-8-13)11-14-12-21-18-6-4-3-5-16(14)18/h3-10,12,17,20H,2,11H2,1H3. The van der Waals surface area contributed by atoms with Crippen molar-refractivity contribution in [3.63, 3.8) is 0 Å².